The second-order valence-electron chi connectivity index (χ2n) is 8.52. The average molecular weight is 224 g/mol. The molecule has 0 heterocycles. The molecule has 0 unspecified atom stereocenters. The molecule has 0 aromatic rings. The van der Waals surface area contributed by atoms with E-state index in [4.69, 9.17) is 0 Å². The van der Waals surface area contributed by atoms with Gasteiger partial charge in [-0.1, -0.05) is 48.5 Å². The second kappa shape index (κ2) is 4.35. The van der Waals surface area contributed by atoms with E-state index >= 15 is 0 Å². The first kappa shape index (κ1) is 14.1. The zero-order valence-electron chi connectivity index (χ0n) is 12.6. The van der Waals surface area contributed by atoms with Gasteiger partial charge in [0.2, 0.25) is 0 Å². The number of rotatable bonds is 1. The molecule has 0 atom stereocenters. The van der Waals surface area contributed by atoms with Crippen LogP contribution in [0.2, 0.25) is 0 Å². The van der Waals surface area contributed by atoms with Gasteiger partial charge in [0, 0.05) is 0 Å². The molecule has 1 fully saturated rings. The Labute approximate surface area is 103 Å². The van der Waals surface area contributed by atoms with Gasteiger partial charge in [0.05, 0.1) is 0 Å². The van der Waals surface area contributed by atoms with E-state index in [1.54, 1.807) is 0 Å². The van der Waals surface area contributed by atoms with Crippen molar-refractivity contribution >= 4 is 0 Å². The molecule has 1 saturated carbocycles. The molecule has 0 nitrogen and oxygen atoms in total. The van der Waals surface area contributed by atoms with Gasteiger partial charge < -0.3 is 0 Å². The molecule has 1 aliphatic rings. The Kier molecular flexibility index (Phi) is 3.82. The van der Waals surface area contributed by atoms with E-state index < -0.39 is 0 Å². The van der Waals surface area contributed by atoms with Crippen LogP contribution in [0, 0.1) is 22.2 Å². The van der Waals surface area contributed by atoms with E-state index in [2.05, 4.69) is 48.5 Å². The molecule has 96 valence electrons. The lowest BCUT2D eigenvalue weighted by Crippen LogP contribution is -2.37. The van der Waals surface area contributed by atoms with Crippen molar-refractivity contribution in [3.63, 3.8) is 0 Å². The van der Waals surface area contributed by atoms with Crippen molar-refractivity contribution in [2.24, 2.45) is 22.2 Å². The summed E-state index contributed by atoms with van der Waals surface area (Å²) in [6, 6.07) is 0. The van der Waals surface area contributed by atoms with Crippen molar-refractivity contribution < 1.29 is 0 Å². The summed E-state index contributed by atoms with van der Waals surface area (Å²) >= 11 is 0. The summed E-state index contributed by atoms with van der Waals surface area (Å²) in [6.45, 7) is 16.9. The van der Waals surface area contributed by atoms with Gasteiger partial charge in [0.15, 0.2) is 0 Å². The molecule has 0 aliphatic heterocycles. The summed E-state index contributed by atoms with van der Waals surface area (Å²) in [6.07, 6.45) is 7.16. The quantitative estimate of drug-likeness (QED) is 0.538. The van der Waals surface area contributed by atoms with Gasteiger partial charge in [0.25, 0.3) is 0 Å². The SMILES string of the molecule is CC(C)(C)CC1CCC(C)(C(C)(C)C)CC1. The molecular formula is C16H32. The van der Waals surface area contributed by atoms with Crippen LogP contribution in [0.5, 0.6) is 0 Å². The zero-order valence-corrected chi connectivity index (χ0v) is 12.6. The van der Waals surface area contributed by atoms with E-state index in [1.165, 1.54) is 32.1 Å². The first-order chi connectivity index (χ1) is 7.04. The maximum absolute atomic E-state index is 2.50. The highest BCUT2D eigenvalue weighted by atomic mass is 14.5. The zero-order chi connectivity index (χ0) is 12.6. The van der Waals surface area contributed by atoms with E-state index in [0.717, 1.165) is 5.92 Å². The Morgan fingerprint density at radius 3 is 1.69 bits per heavy atom. The van der Waals surface area contributed by atoms with Gasteiger partial charge in [-0.2, -0.15) is 0 Å². The Bertz CT molecular complexity index is 215. The second-order valence-corrected chi connectivity index (χ2v) is 8.52. The molecule has 0 heteroatoms. The largest absolute Gasteiger partial charge is 0.0602 e. The fourth-order valence-corrected chi connectivity index (χ4v) is 3.13. The van der Waals surface area contributed by atoms with Gasteiger partial charge in [-0.3, -0.25) is 0 Å². The van der Waals surface area contributed by atoms with Crippen LogP contribution < -0.4 is 0 Å². The summed E-state index contributed by atoms with van der Waals surface area (Å²) in [5, 5.41) is 0. The van der Waals surface area contributed by atoms with Gasteiger partial charge >= 0.3 is 0 Å². The highest BCUT2D eigenvalue weighted by Gasteiger charge is 2.40. The van der Waals surface area contributed by atoms with E-state index in [-0.39, 0.29) is 0 Å². The van der Waals surface area contributed by atoms with Crippen LogP contribution in [0.1, 0.15) is 80.6 Å². The average Bonchev–Trinajstić information content (AvgIpc) is 2.05. The van der Waals surface area contributed by atoms with Crippen LogP contribution in [0.3, 0.4) is 0 Å². The van der Waals surface area contributed by atoms with Crippen LogP contribution in [-0.4, -0.2) is 0 Å². The van der Waals surface area contributed by atoms with E-state index in [9.17, 15) is 0 Å². The maximum atomic E-state index is 2.50. The molecule has 0 spiro atoms. The monoisotopic (exact) mass is 224 g/mol. The van der Waals surface area contributed by atoms with E-state index in [0.29, 0.717) is 16.2 Å². The fourth-order valence-electron chi connectivity index (χ4n) is 3.13. The summed E-state index contributed by atoms with van der Waals surface area (Å²) in [7, 11) is 0. The highest BCUT2D eigenvalue weighted by Crippen LogP contribution is 2.51. The van der Waals surface area contributed by atoms with Crippen molar-refractivity contribution in [1.29, 1.82) is 0 Å². The van der Waals surface area contributed by atoms with Gasteiger partial charge in [-0.25, -0.2) is 0 Å². The molecule has 0 amide bonds. The number of hydrogen-bond donors (Lipinski definition) is 0. The lowest BCUT2D eigenvalue weighted by Gasteiger charge is -2.47. The van der Waals surface area contributed by atoms with Crippen molar-refractivity contribution in [3.05, 3.63) is 0 Å². The molecule has 0 aromatic heterocycles. The van der Waals surface area contributed by atoms with Gasteiger partial charge in [-0.15, -0.1) is 0 Å². The standard InChI is InChI=1S/C16H32/c1-14(2,3)12-13-8-10-16(7,11-9-13)15(4,5)6/h13H,8-12H2,1-7H3. The minimum absolute atomic E-state index is 0.472. The molecule has 0 radical (unpaired) electrons. The molecule has 0 N–H and O–H groups in total. The van der Waals surface area contributed by atoms with Crippen LogP contribution in [-0.2, 0) is 0 Å². The van der Waals surface area contributed by atoms with Crippen LogP contribution in [0.4, 0.5) is 0 Å². The molecule has 1 aliphatic carbocycles. The predicted octanol–water partition coefficient (Wildman–Crippen LogP) is 5.67. The third-order valence-corrected chi connectivity index (χ3v) is 4.92. The molecule has 16 heavy (non-hydrogen) atoms. The van der Waals surface area contributed by atoms with Crippen molar-refractivity contribution in [3.8, 4) is 0 Å². The smallest absolute Gasteiger partial charge is 0.0277 e. The summed E-state index contributed by atoms with van der Waals surface area (Å²) in [5.74, 6) is 0.982. The Morgan fingerprint density at radius 2 is 1.38 bits per heavy atom. The van der Waals surface area contributed by atoms with Crippen molar-refractivity contribution in [2.75, 3.05) is 0 Å². The van der Waals surface area contributed by atoms with Crippen LogP contribution in [0.15, 0.2) is 0 Å². The van der Waals surface area contributed by atoms with Gasteiger partial charge in [-0.05, 0) is 54.3 Å². The third-order valence-electron chi connectivity index (χ3n) is 4.92. The summed E-state index contributed by atoms with van der Waals surface area (Å²) in [4.78, 5) is 0. The Hall–Kier alpha value is 0. The maximum Gasteiger partial charge on any atom is -0.0277 e. The van der Waals surface area contributed by atoms with Crippen molar-refractivity contribution in [2.45, 2.75) is 80.6 Å². The highest BCUT2D eigenvalue weighted by molar-refractivity contribution is 4.91. The fraction of sp³-hybridized carbons (Fsp3) is 1.00. The third kappa shape index (κ3) is 3.50. The number of hydrogen-bond acceptors (Lipinski definition) is 0. The Morgan fingerprint density at radius 1 is 0.938 bits per heavy atom. The summed E-state index contributed by atoms with van der Waals surface area (Å²) in [5.41, 5.74) is 1.56. The summed E-state index contributed by atoms with van der Waals surface area (Å²) < 4.78 is 0. The van der Waals surface area contributed by atoms with Crippen LogP contribution in [0.25, 0.3) is 0 Å². The molecule has 0 aromatic carbocycles. The first-order valence-corrected chi connectivity index (χ1v) is 7.04. The first-order valence-electron chi connectivity index (χ1n) is 7.04. The minimum atomic E-state index is 0.472. The minimum Gasteiger partial charge on any atom is -0.0602 e. The Balaban J connectivity index is 2.52. The normalized spacial score (nSPS) is 32.8. The topological polar surface area (TPSA) is 0 Å². The predicted molar refractivity (Wildman–Crippen MR) is 73.6 cm³/mol. The molecular weight excluding hydrogens is 192 g/mol. The van der Waals surface area contributed by atoms with E-state index in [1.807, 2.05) is 0 Å². The van der Waals surface area contributed by atoms with Crippen LogP contribution >= 0.6 is 0 Å². The van der Waals surface area contributed by atoms with Gasteiger partial charge in [0.1, 0.15) is 0 Å². The lowest BCUT2D eigenvalue weighted by molar-refractivity contribution is 0.0331. The molecule has 0 saturated heterocycles. The molecule has 1 rings (SSSR count). The lowest BCUT2D eigenvalue weighted by atomic mass is 9.58. The molecule has 0 bridgehead atoms. The van der Waals surface area contributed by atoms with Crippen molar-refractivity contribution in [1.82, 2.24) is 0 Å².